The number of carbonyl (C=O) groups excluding carboxylic acids is 2. The normalized spacial score (nSPS) is 11.2. The number of aromatic hydroxyl groups is 1. The van der Waals surface area contributed by atoms with Crippen molar-refractivity contribution in [1.29, 1.82) is 0 Å². The molecule has 2 amide bonds. The number of aliphatic carboxylic acids is 1. The molecule has 0 aliphatic carbocycles. The number of carbonyl (C=O) groups is 3. The van der Waals surface area contributed by atoms with Crippen molar-refractivity contribution in [1.82, 2.24) is 10.7 Å². The molecule has 2 aromatic heterocycles. The third-order valence-electron chi connectivity index (χ3n) is 4.02. The molecule has 1 aromatic carbocycles. The number of thiophene rings is 2. The predicted octanol–water partition coefficient (Wildman–Crippen LogP) is 3.80. The molecule has 2 heterocycles. The number of benzene rings is 1. The summed E-state index contributed by atoms with van der Waals surface area (Å²) in [5, 5.41) is 27.7. The molecule has 0 radical (unpaired) electrons. The van der Waals surface area contributed by atoms with Gasteiger partial charge < -0.3 is 15.5 Å². The molecule has 0 atom stereocenters. The minimum Gasteiger partial charge on any atom is -0.506 e. The zero-order valence-corrected chi connectivity index (χ0v) is 18.4. The maximum absolute atomic E-state index is 12.3. The Bertz CT molecular complexity index is 1190. The smallest absolute Gasteiger partial charge is 0.322 e. The fraction of sp³-hybridized carbons (Fsp3) is 0.100. The van der Waals surface area contributed by atoms with Gasteiger partial charge in [0.25, 0.3) is 11.8 Å². The van der Waals surface area contributed by atoms with Crippen LogP contribution in [0.1, 0.15) is 31.8 Å². The van der Waals surface area contributed by atoms with Crippen molar-refractivity contribution in [3.8, 4) is 16.2 Å². The topological polar surface area (TPSA) is 128 Å². The number of hydrogen-bond donors (Lipinski definition) is 4. The summed E-state index contributed by atoms with van der Waals surface area (Å²) in [6.45, 7) is 1.13. The van der Waals surface area contributed by atoms with Crippen LogP contribution in [0.2, 0.25) is 5.02 Å². The number of carboxylic acids is 1. The largest absolute Gasteiger partial charge is 0.506 e. The van der Waals surface area contributed by atoms with Gasteiger partial charge in [0, 0.05) is 10.4 Å². The van der Waals surface area contributed by atoms with Crippen molar-refractivity contribution in [2.24, 2.45) is 5.10 Å². The Morgan fingerprint density at radius 2 is 1.84 bits per heavy atom. The number of amides is 2. The van der Waals surface area contributed by atoms with Crippen molar-refractivity contribution in [3.63, 3.8) is 0 Å². The van der Waals surface area contributed by atoms with Gasteiger partial charge in [0.2, 0.25) is 0 Å². The lowest BCUT2D eigenvalue weighted by Crippen LogP contribution is -2.28. The summed E-state index contributed by atoms with van der Waals surface area (Å²) in [6, 6.07) is 9.97. The van der Waals surface area contributed by atoms with Gasteiger partial charge in [-0.15, -0.1) is 22.7 Å². The average molecular weight is 478 g/mol. The quantitative estimate of drug-likeness (QED) is 0.304. The van der Waals surface area contributed by atoms with Crippen molar-refractivity contribution in [2.45, 2.75) is 6.92 Å². The van der Waals surface area contributed by atoms with Gasteiger partial charge in [-0.05, 0) is 36.8 Å². The number of hydrazone groups is 1. The maximum atomic E-state index is 12.3. The summed E-state index contributed by atoms with van der Waals surface area (Å²) in [7, 11) is 0. The molecule has 11 heteroatoms. The first kappa shape index (κ1) is 22.5. The van der Waals surface area contributed by atoms with Crippen LogP contribution in [0.4, 0.5) is 0 Å². The van der Waals surface area contributed by atoms with Gasteiger partial charge in [0.15, 0.2) is 0 Å². The Morgan fingerprint density at radius 3 is 2.52 bits per heavy atom. The van der Waals surface area contributed by atoms with Crippen LogP contribution in [0.5, 0.6) is 5.75 Å². The molecule has 0 saturated carbocycles. The Morgan fingerprint density at radius 1 is 1.13 bits per heavy atom. The number of rotatable bonds is 7. The first-order chi connectivity index (χ1) is 14.8. The number of halogens is 1. The zero-order valence-electron chi connectivity index (χ0n) is 16.0. The van der Waals surface area contributed by atoms with Crippen LogP contribution in [-0.2, 0) is 4.79 Å². The van der Waals surface area contributed by atoms with Crippen LogP contribution >= 0.6 is 34.3 Å². The van der Waals surface area contributed by atoms with Crippen LogP contribution in [0.15, 0.2) is 46.9 Å². The monoisotopic (exact) mass is 477 g/mol. The Labute approximate surface area is 189 Å². The number of nitrogens with zero attached hydrogens (tertiary/aromatic N) is 1. The molecule has 0 saturated heterocycles. The molecule has 4 N–H and O–H groups in total. The van der Waals surface area contributed by atoms with E-state index in [1.54, 1.807) is 30.5 Å². The van der Waals surface area contributed by atoms with Gasteiger partial charge in [0.1, 0.15) is 12.3 Å². The minimum absolute atomic E-state index is 0.0382. The third kappa shape index (κ3) is 5.48. The first-order valence-corrected chi connectivity index (χ1v) is 10.8. The van der Waals surface area contributed by atoms with Crippen molar-refractivity contribution < 1.29 is 24.6 Å². The molecule has 31 heavy (non-hydrogen) atoms. The molecule has 0 aliphatic rings. The van der Waals surface area contributed by atoms with Crippen LogP contribution in [0.25, 0.3) is 10.4 Å². The van der Waals surface area contributed by atoms with E-state index in [1.165, 1.54) is 23.5 Å². The molecule has 0 bridgehead atoms. The molecule has 0 aliphatic heterocycles. The lowest BCUT2D eigenvalue weighted by atomic mass is 10.1. The van der Waals surface area contributed by atoms with Crippen LogP contribution in [0.3, 0.4) is 0 Å². The average Bonchev–Trinajstić information content (AvgIpc) is 3.37. The second-order valence-corrected chi connectivity index (χ2v) is 8.62. The molecular weight excluding hydrogens is 462 g/mol. The number of carboxylic acid groups (broad SMARTS) is 1. The summed E-state index contributed by atoms with van der Waals surface area (Å²) in [4.78, 5) is 35.8. The number of nitrogens with one attached hydrogen (secondary N) is 2. The molecule has 160 valence electrons. The van der Waals surface area contributed by atoms with E-state index >= 15 is 0 Å². The second kappa shape index (κ2) is 9.73. The Hall–Kier alpha value is -3.21. The van der Waals surface area contributed by atoms with Gasteiger partial charge in [0.05, 0.1) is 25.9 Å². The highest BCUT2D eigenvalue weighted by Gasteiger charge is 2.17. The summed E-state index contributed by atoms with van der Waals surface area (Å²) >= 11 is 8.25. The second-order valence-electron chi connectivity index (χ2n) is 6.22. The van der Waals surface area contributed by atoms with E-state index in [0.29, 0.717) is 21.2 Å². The Kier molecular flexibility index (Phi) is 7.06. The highest BCUT2D eigenvalue weighted by Crippen LogP contribution is 2.39. The summed E-state index contributed by atoms with van der Waals surface area (Å²) in [6.07, 6.45) is 0. The standard InChI is InChI=1S/C20H16ClN3O5S2/c1-10(13-9-30-18(17(13)27)11-3-2-4-12(21)7-11)23-24-20(29)15-6-5-14(31-15)19(28)22-8-16(25)26/h2-7,9,27H,8H2,1H3,(H,22,28)(H,24,29)(H,25,26)/b23-10-. The highest BCUT2D eigenvalue weighted by atomic mass is 35.5. The van der Waals surface area contributed by atoms with E-state index in [0.717, 1.165) is 16.9 Å². The summed E-state index contributed by atoms with van der Waals surface area (Å²) in [5.41, 5.74) is 4.03. The summed E-state index contributed by atoms with van der Waals surface area (Å²) < 4.78 is 0. The predicted molar refractivity (Wildman–Crippen MR) is 120 cm³/mol. The van der Waals surface area contributed by atoms with Crippen molar-refractivity contribution in [3.05, 3.63) is 62.1 Å². The SMILES string of the molecule is C/C(=N/NC(=O)c1ccc(C(=O)NCC(=O)O)s1)c1csc(-c2cccc(Cl)c2)c1O. The van der Waals surface area contributed by atoms with Crippen molar-refractivity contribution in [2.75, 3.05) is 6.54 Å². The molecule has 8 nitrogen and oxygen atoms in total. The first-order valence-electron chi connectivity index (χ1n) is 8.77. The lowest BCUT2D eigenvalue weighted by molar-refractivity contribution is -0.135. The highest BCUT2D eigenvalue weighted by molar-refractivity contribution is 7.16. The van der Waals surface area contributed by atoms with Crippen LogP contribution in [-0.4, -0.2) is 40.3 Å². The van der Waals surface area contributed by atoms with Crippen LogP contribution < -0.4 is 10.7 Å². The maximum Gasteiger partial charge on any atom is 0.322 e. The van der Waals surface area contributed by atoms with Crippen molar-refractivity contribution >= 4 is 57.8 Å². The van der Waals surface area contributed by atoms with Crippen LogP contribution in [0, 0.1) is 0 Å². The fourth-order valence-electron chi connectivity index (χ4n) is 2.52. The van der Waals surface area contributed by atoms with E-state index in [4.69, 9.17) is 16.7 Å². The lowest BCUT2D eigenvalue weighted by Gasteiger charge is -2.03. The molecule has 0 unspecified atom stereocenters. The van der Waals surface area contributed by atoms with Gasteiger partial charge in [-0.3, -0.25) is 14.4 Å². The zero-order chi connectivity index (χ0) is 22.5. The van der Waals surface area contributed by atoms with E-state index in [-0.39, 0.29) is 15.5 Å². The van der Waals surface area contributed by atoms with Gasteiger partial charge >= 0.3 is 5.97 Å². The molecule has 0 fully saturated rings. The van der Waals surface area contributed by atoms with Gasteiger partial charge in [-0.2, -0.15) is 5.10 Å². The fourth-order valence-corrected chi connectivity index (χ4v) is 4.52. The van der Waals surface area contributed by atoms with E-state index in [2.05, 4.69) is 15.8 Å². The summed E-state index contributed by atoms with van der Waals surface area (Å²) in [5.74, 6) is -2.24. The Balaban J connectivity index is 1.69. The number of hydrogen-bond acceptors (Lipinski definition) is 7. The third-order valence-corrected chi connectivity index (χ3v) is 6.36. The molecule has 0 spiro atoms. The van der Waals surface area contributed by atoms with E-state index in [9.17, 15) is 19.5 Å². The molecule has 3 rings (SSSR count). The van der Waals surface area contributed by atoms with E-state index < -0.39 is 24.3 Å². The molecular formula is C20H16ClN3O5S2. The minimum atomic E-state index is -1.16. The van der Waals surface area contributed by atoms with Gasteiger partial charge in [-0.25, -0.2) is 5.43 Å². The molecule has 3 aromatic rings. The van der Waals surface area contributed by atoms with Gasteiger partial charge in [-0.1, -0.05) is 23.7 Å². The van der Waals surface area contributed by atoms with E-state index in [1.807, 2.05) is 6.07 Å².